The van der Waals surface area contributed by atoms with Gasteiger partial charge < -0.3 is 19.5 Å². The number of ether oxygens (including phenoxy) is 2. The molecule has 1 spiro atoms. The van der Waals surface area contributed by atoms with Crippen molar-refractivity contribution in [1.29, 1.82) is 0 Å². The van der Waals surface area contributed by atoms with E-state index in [2.05, 4.69) is 9.80 Å². The smallest absolute Gasteiger partial charge is 0.327 e. The molecule has 0 saturated carbocycles. The molecule has 4 heterocycles. The van der Waals surface area contributed by atoms with Crippen LogP contribution in [0.4, 0.5) is 4.79 Å². The summed E-state index contributed by atoms with van der Waals surface area (Å²) in [6.07, 6.45) is 0.866. The van der Waals surface area contributed by atoms with E-state index in [1.807, 2.05) is 24.0 Å². The fourth-order valence-corrected chi connectivity index (χ4v) is 5.78. The van der Waals surface area contributed by atoms with Crippen molar-refractivity contribution in [3.63, 3.8) is 0 Å². The lowest BCUT2D eigenvalue weighted by atomic mass is 9.88. The second-order valence-corrected chi connectivity index (χ2v) is 9.16. The summed E-state index contributed by atoms with van der Waals surface area (Å²) in [5, 5.41) is 9.97. The minimum Gasteiger partial charge on any atom is -0.504 e. The third-order valence-electron chi connectivity index (χ3n) is 7.35. The Balaban J connectivity index is 1.28. The average molecular weight is 445 g/mol. The number of imide groups is 1. The van der Waals surface area contributed by atoms with Crippen LogP contribution in [-0.2, 0) is 16.1 Å². The third kappa shape index (κ3) is 3.52. The number of phenols is 1. The van der Waals surface area contributed by atoms with Gasteiger partial charge in [-0.1, -0.05) is 6.07 Å². The summed E-state index contributed by atoms with van der Waals surface area (Å²) in [5.41, 5.74) is 0.303. The summed E-state index contributed by atoms with van der Waals surface area (Å²) in [6, 6.07) is 5.27. The molecule has 1 aromatic rings. The molecule has 0 unspecified atom stereocenters. The first-order valence-corrected chi connectivity index (χ1v) is 11.6. The normalized spacial score (nSPS) is 28.5. The molecule has 0 aromatic heterocycles. The van der Waals surface area contributed by atoms with Crippen molar-refractivity contribution < 1.29 is 24.2 Å². The Morgan fingerprint density at radius 3 is 2.75 bits per heavy atom. The topological polar surface area (TPSA) is 85.8 Å². The van der Waals surface area contributed by atoms with E-state index >= 15 is 0 Å². The van der Waals surface area contributed by atoms with E-state index in [-0.39, 0.29) is 23.6 Å². The Morgan fingerprint density at radius 2 is 1.97 bits per heavy atom. The summed E-state index contributed by atoms with van der Waals surface area (Å²) in [4.78, 5) is 34.6. The molecule has 9 nitrogen and oxygen atoms in total. The maximum atomic E-state index is 13.6. The first-order valence-electron chi connectivity index (χ1n) is 11.6. The highest BCUT2D eigenvalue weighted by Crippen LogP contribution is 2.47. The molecule has 32 heavy (non-hydrogen) atoms. The van der Waals surface area contributed by atoms with Crippen molar-refractivity contribution in [2.45, 2.75) is 25.4 Å². The average Bonchev–Trinajstić information content (AvgIpc) is 3.38. The lowest BCUT2D eigenvalue weighted by Crippen LogP contribution is -2.51. The van der Waals surface area contributed by atoms with Gasteiger partial charge in [-0.15, -0.1) is 0 Å². The number of carbonyl (C=O) groups excluding carboxylic acids is 2. The number of aromatic hydroxyl groups is 1. The first kappa shape index (κ1) is 21.5. The molecule has 1 aromatic carbocycles. The fraction of sp³-hybridized carbons (Fsp3) is 0.652. The van der Waals surface area contributed by atoms with Gasteiger partial charge in [0.05, 0.1) is 19.8 Å². The third-order valence-corrected chi connectivity index (χ3v) is 7.35. The van der Waals surface area contributed by atoms with E-state index < -0.39 is 5.54 Å². The van der Waals surface area contributed by atoms with Crippen molar-refractivity contribution >= 4 is 11.9 Å². The zero-order valence-electron chi connectivity index (χ0n) is 18.7. The van der Waals surface area contributed by atoms with Crippen LogP contribution in [0.5, 0.6) is 11.5 Å². The predicted molar refractivity (Wildman–Crippen MR) is 116 cm³/mol. The molecule has 0 bridgehead atoms. The van der Waals surface area contributed by atoms with Gasteiger partial charge in [0.2, 0.25) is 0 Å². The van der Waals surface area contributed by atoms with E-state index in [1.165, 1.54) is 4.90 Å². The minimum absolute atomic E-state index is 0.0264. The number of phenolic OH excluding ortho intramolecular Hbond substituents is 1. The van der Waals surface area contributed by atoms with Crippen LogP contribution < -0.4 is 4.74 Å². The molecule has 3 amide bonds. The zero-order valence-corrected chi connectivity index (χ0v) is 18.7. The quantitative estimate of drug-likeness (QED) is 0.627. The fourth-order valence-electron chi connectivity index (χ4n) is 5.78. The van der Waals surface area contributed by atoms with Crippen LogP contribution in [0.3, 0.4) is 0 Å². The molecule has 4 aliphatic heterocycles. The largest absolute Gasteiger partial charge is 0.504 e. The second-order valence-electron chi connectivity index (χ2n) is 9.16. The van der Waals surface area contributed by atoms with Crippen molar-refractivity contribution in [3.8, 4) is 11.5 Å². The Labute approximate surface area is 188 Å². The molecule has 4 saturated heterocycles. The molecule has 2 atom stereocenters. The van der Waals surface area contributed by atoms with Crippen LogP contribution in [0.25, 0.3) is 0 Å². The van der Waals surface area contributed by atoms with Crippen LogP contribution >= 0.6 is 0 Å². The molecular formula is C23H32N4O5. The van der Waals surface area contributed by atoms with Crippen LogP contribution in [0.1, 0.15) is 18.9 Å². The predicted octanol–water partition coefficient (Wildman–Crippen LogP) is 0.962. The van der Waals surface area contributed by atoms with Crippen LogP contribution in [0.15, 0.2) is 18.2 Å². The summed E-state index contributed by atoms with van der Waals surface area (Å²) in [5.74, 6) is 0.744. The lowest BCUT2D eigenvalue weighted by molar-refractivity contribution is -0.133. The molecule has 0 aliphatic carbocycles. The van der Waals surface area contributed by atoms with Crippen LogP contribution in [-0.4, -0.2) is 108 Å². The van der Waals surface area contributed by atoms with Gasteiger partial charge in [0, 0.05) is 58.3 Å². The SMILES string of the molecule is CCOc1cc(CN2C[C@H]3CCN4C(=O)N(CCN5CCOCC5)C(=O)[C@]34C2)ccc1O. The van der Waals surface area contributed by atoms with Gasteiger partial charge >= 0.3 is 6.03 Å². The van der Waals surface area contributed by atoms with Gasteiger partial charge in [0.1, 0.15) is 5.54 Å². The number of hydrogen-bond donors (Lipinski definition) is 1. The van der Waals surface area contributed by atoms with E-state index in [0.29, 0.717) is 58.3 Å². The molecule has 174 valence electrons. The molecule has 0 radical (unpaired) electrons. The van der Waals surface area contributed by atoms with Gasteiger partial charge in [0.25, 0.3) is 5.91 Å². The number of amides is 3. The summed E-state index contributed by atoms with van der Waals surface area (Å²) >= 11 is 0. The van der Waals surface area contributed by atoms with E-state index in [9.17, 15) is 14.7 Å². The van der Waals surface area contributed by atoms with Crippen LogP contribution in [0, 0.1) is 5.92 Å². The van der Waals surface area contributed by atoms with Crippen molar-refractivity contribution in [2.24, 2.45) is 5.92 Å². The van der Waals surface area contributed by atoms with Gasteiger partial charge in [-0.3, -0.25) is 19.5 Å². The van der Waals surface area contributed by atoms with E-state index in [4.69, 9.17) is 9.47 Å². The standard InChI is InChI=1S/C23H32N4O5/c1-2-32-20-13-17(3-4-19(20)28)14-25-15-18-5-6-27-22(30)26(21(29)23(18,27)16-25)8-7-24-9-11-31-12-10-24/h3-4,13,18,28H,2,5-12,14-16H2,1H3/t18-,23+/m1/s1. The summed E-state index contributed by atoms with van der Waals surface area (Å²) < 4.78 is 10.9. The number of hydrogen-bond acceptors (Lipinski definition) is 7. The molecule has 5 rings (SSSR count). The van der Waals surface area contributed by atoms with Gasteiger partial charge in [-0.05, 0) is 31.0 Å². The van der Waals surface area contributed by atoms with Gasteiger partial charge in [0.15, 0.2) is 11.5 Å². The first-order chi connectivity index (χ1) is 15.5. The number of rotatable bonds is 7. The van der Waals surface area contributed by atoms with E-state index in [0.717, 1.165) is 31.6 Å². The molecular weight excluding hydrogens is 412 g/mol. The maximum absolute atomic E-state index is 13.6. The number of likely N-dealkylation sites (tertiary alicyclic amines) is 1. The second kappa shape index (κ2) is 8.53. The Bertz CT molecular complexity index is 889. The zero-order chi connectivity index (χ0) is 22.3. The Hall–Kier alpha value is -2.36. The maximum Gasteiger partial charge on any atom is 0.327 e. The highest BCUT2D eigenvalue weighted by Gasteiger charge is 2.67. The number of urea groups is 1. The summed E-state index contributed by atoms with van der Waals surface area (Å²) in [7, 11) is 0. The number of morpholine rings is 1. The van der Waals surface area contributed by atoms with Crippen molar-refractivity contribution in [2.75, 3.05) is 65.6 Å². The van der Waals surface area contributed by atoms with Crippen molar-refractivity contribution in [3.05, 3.63) is 23.8 Å². The number of carbonyl (C=O) groups is 2. The van der Waals surface area contributed by atoms with E-state index in [1.54, 1.807) is 6.07 Å². The number of nitrogens with zero attached hydrogens (tertiary/aromatic N) is 4. The number of benzene rings is 1. The van der Waals surface area contributed by atoms with Crippen LogP contribution in [0.2, 0.25) is 0 Å². The van der Waals surface area contributed by atoms with Gasteiger partial charge in [-0.2, -0.15) is 0 Å². The van der Waals surface area contributed by atoms with Gasteiger partial charge in [-0.25, -0.2) is 4.79 Å². The molecule has 4 fully saturated rings. The molecule has 1 N–H and O–H groups in total. The minimum atomic E-state index is -0.720. The Morgan fingerprint density at radius 1 is 1.16 bits per heavy atom. The molecule has 4 aliphatic rings. The highest BCUT2D eigenvalue weighted by atomic mass is 16.5. The monoisotopic (exact) mass is 444 g/mol. The highest BCUT2D eigenvalue weighted by molar-refractivity contribution is 6.08. The lowest BCUT2D eigenvalue weighted by Gasteiger charge is -2.29. The Kier molecular flexibility index (Phi) is 5.73. The van der Waals surface area contributed by atoms with Crippen molar-refractivity contribution in [1.82, 2.24) is 19.6 Å². The molecule has 9 heteroatoms. The summed E-state index contributed by atoms with van der Waals surface area (Å²) in [6.45, 7) is 9.27.